The van der Waals surface area contributed by atoms with Gasteiger partial charge in [-0.05, 0) is 23.8 Å². The van der Waals surface area contributed by atoms with E-state index < -0.39 is 38.5 Å². The van der Waals surface area contributed by atoms with Gasteiger partial charge in [0.05, 0.1) is 15.7 Å². The van der Waals surface area contributed by atoms with E-state index in [4.69, 9.17) is 0 Å². The zero-order chi connectivity index (χ0) is 14.7. The van der Waals surface area contributed by atoms with E-state index in [0.29, 0.717) is 0 Å². The summed E-state index contributed by atoms with van der Waals surface area (Å²) in [6, 6.07) is 10.3. The highest BCUT2D eigenvalue weighted by Crippen LogP contribution is 2.27. The lowest BCUT2D eigenvalue weighted by molar-refractivity contribution is -0.136. The Balaban J connectivity index is 2.48. The number of hydrogen-bond acceptors (Lipinski definition) is 2. The van der Waals surface area contributed by atoms with E-state index in [1.807, 2.05) is 0 Å². The van der Waals surface area contributed by atoms with Crippen LogP contribution in [0.25, 0.3) is 0 Å². The molecular formula is C14H10F2O3S. The lowest BCUT2D eigenvalue weighted by Crippen LogP contribution is -2.18. The number of halogens is 2. The number of carboxylic acids is 1. The molecule has 6 heteroatoms. The number of benzene rings is 2. The first-order valence-electron chi connectivity index (χ1n) is 5.64. The fourth-order valence-electron chi connectivity index (χ4n) is 1.74. The van der Waals surface area contributed by atoms with Crippen molar-refractivity contribution in [1.82, 2.24) is 0 Å². The van der Waals surface area contributed by atoms with Gasteiger partial charge in [-0.15, -0.1) is 0 Å². The van der Waals surface area contributed by atoms with E-state index in [9.17, 15) is 22.9 Å². The fraction of sp³-hybridized carbons (Fsp3) is 0.0714. The van der Waals surface area contributed by atoms with Crippen molar-refractivity contribution in [2.24, 2.45) is 0 Å². The second-order valence-corrected chi connectivity index (χ2v) is 5.51. The van der Waals surface area contributed by atoms with Gasteiger partial charge in [-0.25, -0.2) is 8.78 Å². The molecule has 2 aromatic carbocycles. The van der Waals surface area contributed by atoms with E-state index >= 15 is 0 Å². The second-order valence-electron chi connectivity index (χ2n) is 4.00. The van der Waals surface area contributed by atoms with Gasteiger partial charge in [0.25, 0.3) is 0 Å². The zero-order valence-electron chi connectivity index (χ0n) is 10.1. The Bertz CT molecular complexity index is 659. The molecule has 0 heterocycles. The van der Waals surface area contributed by atoms with Crippen LogP contribution in [0, 0.1) is 11.6 Å². The van der Waals surface area contributed by atoms with Gasteiger partial charge < -0.3 is 5.11 Å². The van der Waals surface area contributed by atoms with Crippen LogP contribution in [0.4, 0.5) is 8.78 Å². The van der Waals surface area contributed by atoms with E-state index in [1.54, 1.807) is 18.2 Å². The van der Waals surface area contributed by atoms with Crippen LogP contribution < -0.4 is 0 Å². The van der Waals surface area contributed by atoms with Gasteiger partial charge in [0.2, 0.25) is 0 Å². The molecule has 0 spiro atoms. The largest absolute Gasteiger partial charge is 0.480 e. The molecule has 0 bridgehead atoms. The number of carbonyl (C=O) groups is 1. The van der Waals surface area contributed by atoms with E-state index in [2.05, 4.69) is 0 Å². The molecule has 0 radical (unpaired) electrons. The maximum absolute atomic E-state index is 13.6. The predicted octanol–water partition coefficient (Wildman–Crippen LogP) is 2.90. The quantitative estimate of drug-likeness (QED) is 0.944. The molecule has 3 nitrogen and oxygen atoms in total. The van der Waals surface area contributed by atoms with Crippen molar-refractivity contribution in [2.45, 2.75) is 10.1 Å². The van der Waals surface area contributed by atoms with Gasteiger partial charge in [0.15, 0.2) is 5.25 Å². The minimum absolute atomic E-state index is 0.266. The van der Waals surface area contributed by atoms with Crippen molar-refractivity contribution in [3.63, 3.8) is 0 Å². The Kier molecular flexibility index (Phi) is 4.24. The van der Waals surface area contributed by atoms with Crippen LogP contribution >= 0.6 is 0 Å². The number of aliphatic carboxylic acids is 1. The van der Waals surface area contributed by atoms with Crippen molar-refractivity contribution in [1.29, 1.82) is 0 Å². The zero-order valence-corrected chi connectivity index (χ0v) is 10.9. The SMILES string of the molecule is O=C(O)C(c1ccccc1)S(=O)c1cc(F)ccc1F. The van der Waals surface area contributed by atoms with Gasteiger partial charge in [0, 0.05) is 0 Å². The summed E-state index contributed by atoms with van der Waals surface area (Å²) in [5.41, 5.74) is 0.266. The summed E-state index contributed by atoms with van der Waals surface area (Å²) in [6.07, 6.45) is 0. The summed E-state index contributed by atoms with van der Waals surface area (Å²) in [4.78, 5) is 10.8. The van der Waals surface area contributed by atoms with Crippen LogP contribution in [0.3, 0.4) is 0 Å². The minimum atomic E-state index is -2.24. The average molecular weight is 296 g/mol. The van der Waals surface area contributed by atoms with Crippen molar-refractivity contribution < 1.29 is 22.9 Å². The summed E-state index contributed by atoms with van der Waals surface area (Å²) >= 11 is 0. The van der Waals surface area contributed by atoms with Crippen LogP contribution in [0.5, 0.6) is 0 Å². The summed E-state index contributed by atoms with van der Waals surface area (Å²) in [6.45, 7) is 0. The highest BCUT2D eigenvalue weighted by molar-refractivity contribution is 7.86. The maximum Gasteiger partial charge on any atom is 0.324 e. The molecule has 0 fully saturated rings. The predicted molar refractivity (Wildman–Crippen MR) is 69.6 cm³/mol. The molecule has 2 atom stereocenters. The monoisotopic (exact) mass is 296 g/mol. The van der Waals surface area contributed by atoms with Gasteiger partial charge >= 0.3 is 5.97 Å². The molecule has 0 aromatic heterocycles. The second kappa shape index (κ2) is 5.92. The van der Waals surface area contributed by atoms with Crippen molar-refractivity contribution in [3.05, 3.63) is 65.7 Å². The van der Waals surface area contributed by atoms with E-state index in [0.717, 1.165) is 18.2 Å². The van der Waals surface area contributed by atoms with Crippen LogP contribution in [-0.4, -0.2) is 15.3 Å². The highest BCUT2D eigenvalue weighted by atomic mass is 32.2. The van der Waals surface area contributed by atoms with Gasteiger partial charge in [-0.3, -0.25) is 9.00 Å². The third-order valence-corrected chi connectivity index (χ3v) is 4.30. The van der Waals surface area contributed by atoms with E-state index in [1.165, 1.54) is 12.1 Å². The molecule has 2 aromatic rings. The van der Waals surface area contributed by atoms with Crippen molar-refractivity contribution >= 4 is 16.8 Å². The molecule has 1 N–H and O–H groups in total. The molecule has 0 aliphatic rings. The van der Waals surface area contributed by atoms with Crippen molar-refractivity contribution in [3.8, 4) is 0 Å². The molecular weight excluding hydrogens is 286 g/mol. The number of hydrogen-bond donors (Lipinski definition) is 1. The Morgan fingerprint density at radius 3 is 2.35 bits per heavy atom. The smallest absolute Gasteiger partial charge is 0.324 e. The van der Waals surface area contributed by atoms with Crippen LogP contribution in [0.1, 0.15) is 10.8 Å². The lowest BCUT2D eigenvalue weighted by Gasteiger charge is -2.13. The Morgan fingerprint density at radius 2 is 1.75 bits per heavy atom. The van der Waals surface area contributed by atoms with E-state index in [-0.39, 0.29) is 5.56 Å². The lowest BCUT2D eigenvalue weighted by atomic mass is 10.1. The van der Waals surface area contributed by atoms with Crippen LogP contribution in [-0.2, 0) is 15.6 Å². The summed E-state index contributed by atoms with van der Waals surface area (Å²) in [5, 5.41) is 7.76. The first-order chi connectivity index (χ1) is 9.50. The topological polar surface area (TPSA) is 54.4 Å². The van der Waals surface area contributed by atoms with Crippen LogP contribution in [0.2, 0.25) is 0 Å². The first kappa shape index (κ1) is 14.3. The number of rotatable bonds is 4. The van der Waals surface area contributed by atoms with Gasteiger partial charge in [-0.1, -0.05) is 30.3 Å². The third kappa shape index (κ3) is 2.91. The molecule has 0 aliphatic carbocycles. The van der Waals surface area contributed by atoms with Crippen LogP contribution in [0.15, 0.2) is 53.4 Å². The van der Waals surface area contributed by atoms with Crippen molar-refractivity contribution in [2.75, 3.05) is 0 Å². The summed E-state index contributed by atoms with van der Waals surface area (Å²) in [7, 11) is -2.24. The fourth-order valence-corrected chi connectivity index (χ4v) is 3.07. The normalized spacial score (nSPS) is 13.7. The number of carboxylic acid groups (broad SMARTS) is 1. The maximum atomic E-state index is 13.6. The molecule has 0 aliphatic heterocycles. The summed E-state index contributed by atoms with van der Waals surface area (Å²) < 4.78 is 39.0. The standard InChI is InChI=1S/C14H10F2O3S/c15-10-6-7-11(16)12(8-10)20(19)13(14(17)18)9-4-2-1-3-5-9/h1-8,13H,(H,17,18). The molecule has 20 heavy (non-hydrogen) atoms. The van der Waals surface area contributed by atoms with Gasteiger partial charge in [0.1, 0.15) is 11.6 Å². The molecule has 2 rings (SSSR count). The minimum Gasteiger partial charge on any atom is -0.480 e. The molecule has 0 saturated heterocycles. The Morgan fingerprint density at radius 1 is 1.10 bits per heavy atom. The summed E-state index contributed by atoms with van der Waals surface area (Å²) in [5.74, 6) is -3.03. The Hall–Kier alpha value is -2.08. The molecule has 0 amide bonds. The Labute approximate surface area is 116 Å². The first-order valence-corrected chi connectivity index (χ1v) is 6.85. The highest BCUT2D eigenvalue weighted by Gasteiger charge is 2.29. The molecule has 0 saturated carbocycles. The average Bonchev–Trinajstić information content (AvgIpc) is 2.42. The molecule has 104 valence electrons. The third-order valence-electron chi connectivity index (χ3n) is 2.65. The van der Waals surface area contributed by atoms with Gasteiger partial charge in [-0.2, -0.15) is 0 Å². The molecule has 2 unspecified atom stereocenters.